The molecule has 1 amide bonds. The third-order valence-corrected chi connectivity index (χ3v) is 3.11. The van der Waals surface area contributed by atoms with E-state index in [0.717, 1.165) is 32.2 Å². The fourth-order valence-corrected chi connectivity index (χ4v) is 2.17. The molecule has 1 heterocycles. The van der Waals surface area contributed by atoms with Gasteiger partial charge in [-0.15, -0.1) is 0 Å². The molecule has 0 radical (unpaired) electrons. The van der Waals surface area contributed by atoms with Crippen LogP contribution in [0.3, 0.4) is 0 Å². The molecular formula is C11H23N2O2+. The number of carbonyl (C=O) groups excluding carboxylic acids is 1. The van der Waals surface area contributed by atoms with Crippen LogP contribution in [0.25, 0.3) is 0 Å². The molecule has 2 N–H and O–H groups in total. The Labute approximate surface area is 91.8 Å². The second kappa shape index (κ2) is 6.08. The lowest BCUT2D eigenvalue weighted by atomic mass is 10.0. The molecule has 0 aliphatic carbocycles. The zero-order valence-corrected chi connectivity index (χ0v) is 9.83. The summed E-state index contributed by atoms with van der Waals surface area (Å²) in [6.07, 6.45) is 4.75. The van der Waals surface area contributed by atoms with Gasteiger partial charge in [-0.1, -0.05) is 6.92 Å². The first-order valence-corrected chi connectivity index (χ1v) is 5.96. The van der Waals surface area contributed by atoms with Crippen molar-refractivity contribution in [2.45, 2.75) is 45.1 Å². The molecule has 4 heteroatoms. The number of nitrogens with zero attached hydrogens (tertiary/aromatic N) is 1. The van der Waals surface area contributed by atoms with Crippen molar-refractivity contribution in [3.63, 3.8) is 0 Å². The number of hydrogen-bond acceptors (Lipinski definition) is 2. The van der Waals surface area contributed by atoms with Crippen molar-refractivity contribution >= 4 is 5.91 Å². The molecular weight excluding hydrogens is 192 g/mol. The van der Waals surface area contributed by atoms with E-state index in [0.29, 0.717) is 30.0 Å². The Morgan fingerprint density at radius 1 is 1.53 bits per heavy atom. The molecule has 2 unspecified atom stereocenters. The average molecular weight is 215 g/mol. The molecule has 1 aliphatic rings. The standard InChI is InChI=1S/C11H22N2O2/c1-3-10(7-9-12(2)15)13-8-5-4-6-11(13)14/h10,15H,3-9H2,1-2H3/p+1. The van der Waals surface area contributed by atoms with E-state index in [4.69, 9.17) is 0 Å². The third-order valence-electron chi connectivity index (χ3n) is 3.11. The Morgan fingerprint density at radius 3 is 2.80 bits per heavy atom. The maximum absolute atomic E-state index is 11.7. The van der Waals surface area contributed by atoms with Crippen LogP contribution in [0.5, 0.6) is 0 Å². The lowest BCUT2D eigenvalue weighted by Crippen LogP contribution is -3.06. The zero-order valence-electron chi connectivity index (χ0n) is 9.83. The van der Waals surface area contributed by atoms with Gasteiger partial charge in [-0.3, -0.25) is 4.79 Å². The second-order valence-electron chi connectivity index (χ2n) is 4.38. The fraction of sp³-hybridized carbons (Fsp3) is 0.909. The molecule has 1 aliphatic heterocycles. The van der Waals surface area contributed by atoms with E-state index in [2.05, 4.69) is 6.92 Å². The van der Waals surface area contributed by atoms with Gasteiger partial charge in [0.25, 0.3) is 0 Å². The number of piperidine rings is 1. The maximum Gasteiger partial charge on any atom is 0.222 e. The first-order chi connectivity index (χ1) is 7.15. The molecule has 1 fully saturated rings. The van der Waals surface area contributed by atoms with Crippen LogP contribution in [0, 0.1) is 0 Å². The highest BCUT2D eigenvalue weighted by molar-refractivity contribution is 5.77. The van der Waals surface area contributed by atoms with Gasteiger partial charge in [-0.05, 0) is 19.3 Å². The summed E-state index contributed by atoms with van der Waals surface area (Å²) in [5, 5.41) is 9.64. The van der Waals surface area contributed by atoms with Crippen LogP contribution < -0.4 is 5.06 Å². The topological polar surface area (TPSA) is 45.0 Å². The number of likely N-dealkylation sites (tertiary alicyclic amines) is 1. The van der Waals surface area contributed by atoms with Crippen molar-refractivity contribution in [2.24, 2.45) is 0 Å². The molecule has 0 aromatic rings. The Morgan fingerprint density at radius 2 is 2.27 bits per heavy atom. The monoisotopic (exact) mass is 215 g/mol. The summed E-state index contributed by atoms with van der Waals surface area (Å²) >= 11 is 0. The maximum atomic E-state index is 11.7. The van der Waals surface area contributed by atoms with Crippen LogP contribution in [0.4, 0.5) is 0 Å². The van der Waals surface area contributed by atoms with E-state index < -0.39 is 0 Å². The molecule has 0 saturated carbocycles. The highest BCUT2D eigenvalue weighted by Gasteiger charge is 2.25. The van der Waals surface area contributed by atoms with Gasteiger partial charge in [0.2, 0.25) is 5.91 Å². The normalized spacial score (nSPS) is 21.5. The Bertz CT molecular complexity index is 207. The van der Waals surface area contributed by atoms with Crippen molar-refractivity contribution in [1.29, 1.82) is 0 Å². The fourth-order valence-electron chi connectivity index (χ4n) is 2.17. The Balaban J connectivity index is 2.44. The van der Waals surface area contributed by atoms with Gasteiger partial charge >= 0.3 is 0 Å². The molecule has 0 bridgehead atoms. The predicted octanol–water partition coefficient (Wildman–Crippen LogP) is 0.0715. The first-order valence-electron chi connectivity index (χ1n) is 5.96. The van der Waals surface area contributed by atoms with Gasteiger partial charge in [-0.25, -0.2) is 5.21 Å². The average Bonchev–Trinajstić information content (AvgIpc) is 2.21. The van der Waals surface area contributed by atoms with E-state index in [1.807, 2.05) is 4.90 Å². The summed E-state index contributed by atoms with van der Waals surface area (Å²) < 4.78 is 0. The molecule has 4 nitrogen and oxygen atoms in total. The van der Waals surface area contributed by atoms with Crippen LogP contribution in [0.15, 0.2) is 0 Å². The van der Waals surface area contributed by atoms with Crippen molar-refractivity contribution in [3.8, 4) is 0 Å². The lowest BCUT2D eigenvalue weighted by Gasteiger charge is -2.34. The van der Waals surface area contributed by atoms with E-state index in [1.165, 1.54) is 0 Å². The summed E-state index contributed by atoms with van der Waals surface area (Å²) in [7, 11) is 1.73. The van der Waals surface area contributed by atoms with E-state index in [-0.39, 0.29) is 0 Å². The molecule has 2 atom stereocenters. The minimum atomic E-state index is 0.295. The lowest BCUT2D eigenvalue weighted by molar-refractivity contribution is -1.07. The molecule has 0 aromatic heterocycles. The highest BCUT2D eigenvalue weighted by Crippen LogP contribution is 2.17. The third kappa shape index (κ3) is 3.80. The minimum absolute atomic E-state index is 0.295. The summed E-state index contributed by atoms with van der Waals surface area (Å²) in [6.45, 7) is 3.73. The SMILES string of the molecule is CCC(CC[NH+](C)O)N1CCCCC1=O. The predicted molar refractivity (Wildman–Crippen MR) is 57.8 cm³/mol. The van der Waals surface area contributed by atoms with Gasteiger partial charge in [0.05, 0.1) is 7.05 Å². The largest absolute Gasteiger partial charge is 0.340 e. The van der Waals surface area contributed by atoms with E-state index in [1.54, 1.807) is 7.05 Å². The number of amides is 1. The summed E-state index contributed by atoms with van der Waals surface area (Å²) in [5.41, 5.74) is 0. The molecule has 1 saturated heterocycles. The number of quaternary nitrogens is 1. The van der Waals surface area contributed by atoms with Crippen LogP contribution in [-0.2, 0) is 4.79 Å². The number of carbonyl (C=O) groups is 1. The summed E-state index contributed by atoms with van der Waals surface area (Å²) in [6, 6.07) is 0.319. The Hall–Kier alpha value is -0.610. The van der Waals surface area contributed by atoms with Crippen molar-refractivity contribution in [1.82, 2.24) is 4.90 Å². The first kappa shape index (κ1) is 12.5. The van der Waals surface area contributed by atoms with Crippen molar-refractivity contribution < 1.29 is 15.1 Å². The molecule has 0 aromatic carbocycles. The van der Waals surface area contributed by atoms with Crippen LogP contribution >= 0.6 is 0 Å². The highest BCUT2D eigenvalue weighted by atomic mass is 16.5. The minimum Gasteiger partial charge on any atom is -0.340 e. The molecule has 15 heavy (non-hydrogen) atoms. The molecule has 0 spiro atoms. The number of nitrogens with one attached hydrogen (secondary N) is 1. The summed E-state index contributed by atoms with van der Waals surface area (Å²) in [5.74, 6) is 0.295. The van der Waals surface area contributed by atoms with Crippen LogP contribution in [-0.4, -0.2) is 42.2 Å². The number of hydrogen-bond donors (Lipinski definition) is 2. The Kier molecular flexibility index (Phi) is 5.05. The van der Waals surface area contributed by atoms with Crippen molar-refractivity contribution in [3.05, 3.63) is 0 Å². The van der Waals surface area contributed by atoms with Gasteiger partial charge in [0.15, 0.2) is 0 Å². The summed E-state index contributed by atoms with van der Waals surface area (Å²) in [4.78, 5) is 13.7. The van der Waals surface area contributed by atoms with Gasteiger partial charge in [0, 0.05) is 25.4 Å². The number of rotatable bonds is 5. The van der Waals surface area contributed by atoms with E-state index >= 15 is 0 Å². The van der Waals surface area contributed by atoms with Gasteiger partial charge in [0.1, 0.15) is 6.54 Å². The molecule has 88 valence electrons. The van der Waals surface area contributed by atoms with Crippen molar-refractivity contribution in [2.75, 3.05) is 20.1 Å². The van der Waals surface area contributed by atoms with E-state index in [9.17, 15) is 10.0 Å². The van der Waals surface area contributed by atoms with Gasteiger partial charge < -0.3 is 4.90 Å². The van der Waals surface area contributed by atoms with Crippen LogP contribution in [0.2, 0.25) is 0 Å². The zero-order chi connectivity index (χ0) is 11.3. The number of hydroxylamine groups is 2. The van der Waals surface area contributed by atoms with Gasteiger partial charge in [-0.2, -0.15) is 5.06 Å². The molecule has 1 rings (SSSR count). The quantitative estimate of drug-likeness (QED) is 0.638. The van der Waals surface area contributed by atoms with Crippen LogP contribution in [0.1, 0.15) is 39.0 Å². The second-order valence-corrected chi connectivity index (χ2v) is 4.38. The smallest absolute Gasteiger partial charge is 0.222 e.